The molecule has 1 atom stereocenters. The Morgan fingerprint density at radius 2 is 1.61 bits per heavy atom. The van der Waals surface area contributed by atoms with Gasteiger partial charge in [-0.2, -0.15) is 0 Å². The van der Waals surface area contributed by atoms with Gasteiger partial charge in [-0.1, -0.05) is 78.9 Å². The van der Waals surface area contributed by atoms with Crippen LogP contribution in [0, 0.1) is 5.92 Å². The fourth-order valence-corrected chi connectivity index (χ4v) is 4.44. The molecule has 1 aliphatic rings. The smallest absolute Gasteiger partial charge is 0.338 e. The molecule has 0 aliphatic carbocycles. The molecule has 3 heteroatoms. The largest absolute Gasteiger partial charge is 0.462 e. The minimum absolute atomic E-state index is 0.222. The number of hydrogen-bond acceptors (Lipinski definition) is 3. The maximum absolute atomic E-state index is 12.9. The first-order valence-electron chi connectivity index (χ1n) is 11.4. The Bertz CT molecular complexity index is 955. The molecule has 0 N–H and O–H groups in total. The highest BCUT2D eigenvalue weighted by Gasteiger charge is 2.22. The van der Waals surface area contributed by atoms with Gasteiger partial charge in [-0.25, -0.2) is 4.79 Å². The molecule has 1 fully saturated rings. The second-order valence-corrected chi connectivity index (χ2v) is 8.41. The zero-order valence-corrected chi connectivity index (χ0v) is 18.1. The van der Waals surface area contributed by atoms with Crippen LogP contribution in [0.2, 0.25) is 0 Å². The first-order valence-corrected chi connectivity index (χ1v) is 11.4. The number of nitrogens with zero attached hydrogens (tertiary/aromatic N) is 1. The van der Waals surface area contributed by atoms with Crippen molar-refractivity contribution in [3.8, 4) is 11.1 Å². The van der Waals surface area contributed by atoms with Gasteiger partial charge >= 0.3 is 5.97 Å². The molecule has 4 rings (SSSR count). The standard InChI is InChI=1S/C28H31NO2/c30-28(27-18-8-7-17-26(27)25-15-5-2-6-16-25)31-22-24-14-10-20-29(21-24)19-9-13-23-11-3-1-4-12-23/h1-8,11-12,15-18,24H,9-10,13-14,19-22H2/t24-/m1/s1. The SMILES string of the molecule is O=C(OC[C@@H]1CCCN(CCCc2ccccc2)C1)c1ccccc1-c1ccccc1. The number of piperidine rings is 1. The minimum Gasteiger partial charge on any atom is -0.462 e. The Morgan fingerprint density at radius 3 is 2.42 bits per heavy atom. The summed E-state index contributed by atoms with van der Waals surface area (Å²) >= 11 is 0. The molecule has 31 heavy (non-hydrogen) atoms. The van der Waals surface area contributed by atoms with Crippen LogP contribution in [0.4, 0.5) is 0 Å². The quantitative estimate of drug-likeness (QED) is 0.434. The monoisotopic (exact) mass is 413 g/mol. The Morgan fingerprint density at radius 1 is 0.903 bits per heavy atom. The highest BCUT2D eigenvalue weighted by molar-refractivity contribution is 5.97. The van der Waals surface area contributed by atoms with E-state index in [0.29, 0.717) is 18.1 Å². The lowest BCUT2D eigenvalue weighted by Gasteiger charge is -2.32. The molecule has 0 bridgehead atoms. The molecule has 1 saturated heterocycles. The zero-order chi connectivity index (χ0) is 21.3. The predicted molar refractivity (Wildman–Crippen MR) is 126 cm³/mol. The van der Waals surface area contributed by atoms with Crippen molar-refractivity contribution < 1.29 is 9.53 Å². The van der Waals surface area contributed by atoms with E-state index in [4.69, 9.17) is 4.74 Å². The third-order valence-electron chi connectivity index (χ3n) is 6.07. The molecule has 160 valence electrons. The van der Waals surface area contributed by atoms with Crippen LogP contribution in [0.1, 0.15) is 35.2 Å². The predicted octanol–water partition coefficient (Wildman–Crippen LogP) is 5.86. The average molecular weight is 414 g/mol. The molecule has 0 aromatic heterocycles. The van der Waals surface area contributed by atoms with Crippen molar-refractivity contribution in [1.82, 2.24) is 4.90 Å². The average Bonchev–Trinajstić information content (AvgIpc) is 2.84. The third kappa shape index (κ3) is 6.05. The van der Waals surface area contributed by atoms with Crippen molar-refractivity contribution in [3.05, 3.63) is 96.1 Å². The van der Waals surface area contributed by atoms with Crippen molar-refractivity contribution in [1.29, 1.82) is 0 Å². The Hall–Kier alpha value is -2.91. The topological polar surface area (TPSA) is 29.5 Å². The number of hydrogen-bond donors (Lipinski definition) is 0. The first kappa shape index (κ1) is 21.3. The van der Waals surface area contributed by atoms with Crippen molar-refractivity contribution in [2.45, 2.75) is 25.7 Å². The second kappa shape index (κ2) is 10.9. The van der Waals surface area contributed by atoms with E-state index in [1.54, 1.807) is 0 Å². The normalized spacial score (nSPS) is 16.7. The summed E-state index contributed by atoms with van der Waals surface area (Å²) in [5.41, 5.74) is 4.02. The molecular weight excluding hydrogens is 382 g/mol. The van der Waals surface area contributed by atoms with Gasteiger partial charge in [0.1, 0.15) is 0 Å². The summed E-state index contributed by atoms with van der Waals surface area (Å²) in [7, 11) is 0. The van der Waals surface area contributed by atoms with E-state index in [0.717, 1.165) is 43.6 Å². The van der Waals surface area contributed by atoms with Crippen molar-refractivity contribution in [2.75, 3.05) is 26.2 Å². The number of likely N-dealkylation sites (tertiary alicyclic amines) is 1. The van der Waals surface area contributed by atoms with Crippen molar-refractivity contribution in [2.24, 2.45) is 5.92 Å². The summed E-state index contributed by atoms with van der Waals surface area (Å²) in [6.07, 6.45) is 4.59. The van der Waals surface area contributed by atoms with Gasteiger partial charge in [0.25, 0.3) is 0 Å². The number of esters is 1. The minimum atomic E-state index is -0.222. The number of carbonyl (C=O) groups is 1. The summed E-state index contributed by atoms with van der Waals surface area (Å²) < 4.78 is 5.79. The summed E-state index contributed by atoms with van der Waals surface area (Å²) in [4.78, 5) is 15.4. The van der Waals surface area contributed by atoms with Gasteiger partial charge in [-0.15, -0.1) is 0 Å². The molecule has 3 aromatic carbocycles. The van der Waals surface area contributed by atoms with E-state index in [-0.39, 0.29) is 5.97 Å². The van der Waals surface area contributed by atoms with E-state index in [1.165, 1.54) is 18.4 Å². The van der Waals surface area contributed by atoms with Crippen LogP contribution in [-0.4, -0.2) is 37.1 Å². The molecule has 1 heterocycles. The molecule has 3 aromatic rings. The zero-order valence-electron chi connectivity index (χ0n) is 18.1. The maximum Gasteiger partial charge on any atom is 0.338 e. The fourth-order valence-electron chi connectivity index (χ4n) is 4.44. The first-order chi connectivity index (χ1) is 15.3. The highest BCUT2D eigenvalue weighted by atomic mass is 16.5. The van der Waals surface area contributed by atoms with Gasteiger partial charge in [0.05, 0.1) is 12.2 Å². The number of aryl methyl sites for hydroxylation is 1. The van der Waals surface area contributed by atoms with Gasteiger partial charge in [0.15, 0.2) is 0 Å². The molecule has 0 saturated carbocycles. The molecule has 0 spiro atoms. The van der Waals surface area contributed by atoms with E-state index in [9.17, 15) is 4.79 Å². The van der Waals surface area contributed by atoms with Gasteiger partial charge in [0, 0.05) is 12.5 Å². The van der Waals surface area contributed by atoms with Gasteiger partial charge in [0.2, 0.25) is 0 Å². The van der Waals surface area contributed by atoms with Crippen molar-refractivity contribution in [3.63, 3.8) is 0 Å². The lowest BCUT2D eigenvalue weighted by molar-refractivity contribution is 0.0354. The van der Waals surface area contributed by atoms with Crippen molar-refractivity contribution >= 4 is 5.97 Å². The lowest BCUT2D eigenvalue weighted by Crippen LogP contribution is -2.38. The number of benzene rings is 3. The molecule has 3 nitrogen and oxygen atoms in total. The third-order valence-corrected chi connectivity index (χ3v) is 6.07. The van der Waals surface area contributed by atoms with E-state index in [2.05, 4.69) is 35.2 Å². The Labute approximate surface area is 185 Å². The Balaban J connectivity index is 1.28. The van der Waals surface area contributed by atoms with Gasteiger partial charge < -0.3 is 9.64 Å². The summed E-state index contributed by atoms with van der Waals surface area (Å²) in [5, 5.41) is 0. The molecular formula is C28H31NO2. The van der Waals surface area contributed by atoms with Gasteiger partial charge in [-0.3, -0.25) is 0 Å². The fraction of sp³-hybridized carbons (Fsp3) is 0.321. The van der Waals surface area contributed by atoms with Crippen LogP contribution >= 0.6 is 0 Å². The molecule has 0 amide bonds. The molecule has 0 unspecified atom stereocenters. The Kier molecular flexibility index (Phi) is 7.51. The second-order valence-electron chi connectivity index (χ2n) is 8.41. The van der Waals surface area contributed by atoms with Crippen LogP contribution in [0.25, 0.3) is 11.1 Å². The highest BCUT2D eigenvalue weighted by Crippen LogP contribution is 2.25. The van der Waals surface area contributed by atoms with Crippen LogP contribution in [-0.2, 0) is 11.2 Å². The van der Waals surface area contributed by atoms with E-state index < -0.39 is 0 Å². The summed E-state index contributed by atoms with van der Waals surface area (Å²) in [5.74, 6) is 0.193. The van der Waals surface area contributed by atoms with Crippen LogP contribution in [0.3, 0.4) is 0 Å². The molecule has 1 aliphatic heterocycles. The summed E-state index contributed by atoms with van der Waals surface area (Å²) in [6.45, 7) is 3.77. The number of carbonyl (C=O) groups excluding carboxylic acids is 1. The lowest BCUT2D eigenvalue weighted by atomic mass is 9.98. The summed E-state index contributed by atoms with van der Waals surface area (Å²) in [6, 6.07) is 28.4. The van der Waals surface area contributed by atoms with E-state index in [1.807, 2.05) is 54.6 Å². The molecule has 0 radical (unpaired) electrons. The van der Waals surface area contributed by atoms with Gasteiger partial charge in [-0.05, 0) is 61.5 Å². The number of ether oxygens (including phenoxy) is 1. The van der Waals surface area contributed by atoms with Crippen LogP contribution < -0.4 is 0 Å². The maximum atomic E-state index is 12.9. The van der Waals surface area contributed by atoms with Crippen LogP contribution in [0.5, 0.6) is 0 Å². The van der Waals surface area contributed by atoms with Crippen LogP contribution in [0.15, 0.2) is 84.9 Å². The number of rotatable bonds is 8. The van der Waals surface area contributed by atoms with E-state index >= 15 is 0 Å².